The quantitative estimate of drug-likeness (QED) is 0.881. The van der Waals surface area contributed by atoms with Gasteiger partial charge < -0.3 is 14.8 Å². The fraction of sp³-hybridized carbons (Fsp3) is 0.412. The Morgan fingerprint density at radius 1 is 1.25 bits per heavy atom. The van der Waals surface area contributed by atoms with Gasteiger partial charge in [0.1, 0.15) is 18.0 Å². The molecule has 1 amide bonds. The average Bonchev–Trinajstić information content (AvgIpc) is 2.93. The van der Waals surface area contributed by atoms with Crippen LogP contribution < -0.4 is 10.1 Å². The van der Waals surface area contributed by atoms with Gasteiger partial charge in [-0.15, -0.1) is 5.10 Å². The van der Waals surface area contributed by atoms with Crippen molar-refractivity contribution >= 4 is 6.09 Å². The number of nitrogens with one attached hydrogen (secondary N) is 1. The zero-order chi connectivity index (χ0) is 17.6. The van der Waals surface area contributed by atoms with Crippen LogP contribution in [0.25, 0.3) is 0 Å². The van der Waals surface area contributed by atoms with Gasteiger partial charge in [0.2, 0.25) is 5.88 Å². The first-order chi connectivity index (χ1) is 11.3. The Bertz CT molecular complexity index is 662. The van der Waals surface area contributed by atoms with Crippen molar-refractivity contribution in [2.45, 2.75) is 39.5 Å². The number of aromatic nitrogens is 2. The second kappa shape index (κ2) is 7.81. The lowest BCUT2D eigenvalue weighted by Crippen LogP contribution is -2.34. The highest BCUT2D eigenvalue weighted by Gasteiger charge is 2.15. The monoisotopic (exact) mass is 335 g/mol. The molecule has 1 N–H and O–H groups in total. The Hall–Kier alpha value is -2.57. The second-order valence-corrected chi connectivity index (χ2v) is 6.26. The van der Waals surface area contributed by atoms with Gasteiger partial charge in [0.25, 0.3) is 0 Å². The zero-order valence-electron chi connectivity index (χ0n) is 14.1. The molecule has 2 aromatic rings. The summed E-state index contributed by atoms with van der Waals surface area (Å²) in [4.78, 5) is 11.5. The molecule has 6 nitrogen and oxygen atoms in total. The molecular formula is C17H22FN3O3. The predicted octanol–water partition coefficient (Wildman–Crippen LogP) is 3.13. The van der Waals surface area contributed by atoms with Gasteiger partial charge in [0, 0.05) is 18.8 Å². The minimum atomic E-state index is -0.517. The van der Waals surface area contributed by atoms with Gasteiger partial charge in [-0.25, -0.2) is 9.18 Å². The molecule has 2 rings (SSSR count). The second-order valence-electron chi connectivity index (χ2n) is 6.26. The van der Waals surface area contributed by atoms with Crippen LogP contribution in [0.5, 0.6) is 5.88 Å². The molecule has 0 aliphatic heterocycles. The maximum Gasteiger partial charge on any atom is 0.407 e. The third kappa shape index (κ3) is 6.28. The van der Waals surface area contributed by atoms with Crippen molar-refractivity contribution < 1.29 is 18.7 Å². The van der Waals surface area contributed by atoms with E-state index in [1.54, 1.807) is 29.1 Å². The number of ether oxygens (including phenoxy) is 2. The lowest BCUT2D eigenvalue weighted by atomic mass is 10.2. The first kappa shape index (κ1) is 17.8. The molecule has 7 heteroatoms. The van der Waals surface area contributed by atoms with Crippen LogP contribution in [0.4, 0.5) is 9.18 Å². The zero-order valence-corrected chi connectivity index (χ0v) is 14.1. The van der Waals surface area contributed by atoms with Crippen LogP contribution in [-0.2, 0) is 17.9 Å². The van der Waals surface area contributed by atoms with Crippen molar-refractivity contribution in [1.82, 2.24) is 15.1 Å². The van der Waals surface area contributed by atoms with E-state index in [0.29, 0.717) is 25.6 Å². The number of alkyl carbamates (subject to hydrolysis) is 1. The summed E-state index contributed by atoms with van der Waals surface area (Å²) in [5.41, 5.74) is 0.342. The number of nitrogens with zero attached hydrogens (tertiary/aromatic N) is 2. The molecule has 1 aromatic heterocycles. The highest BCUT2D eigenvalue weighted by atomic mass is 19.1. The SMILES string of the molecule is CC(C)(C)OC(=O)NCCn1ccc(OCc2ccc(F)cc2)n1. The van der Waals surface area contributed by atoms with Crippen molar-refractivity contribution in [3.8, 4) is 5.88 Å². The van der Waals surface area contributed by atoms with Crippen LogP contribution in [0.15, 0.2) is 36.5 Å². The number of halogens is 1. The molecule has 0 aliphatic rings. The van der Waals surface area contributed by atoms with Crippen LogP contribution in [0.3, 0.4) is 0 Å². The maximum absolute atomic E-state index is 12.8. The Labute approximate surface area is 140 Å². The largest absolute Gasteiger partial charge is 0.472 e. The summed E-state index contributed by atoms with van der Waals surface area (Å²) in [7, 11) is 0. The molecule has 0 aliphatic carbocycles. The number of carbonyl (C=O) groups is 1. The number of benzene rings is 1. The Morgan fingerprint density at radius 3 is 2.62 bits per heavy atom. The molecule has 0 saturated carbocycles. The summed E-state index contributed by atoms with van der Waals surface area (Å²) in [5, 5.41) is 6.90. The lowest BCUT2D eigenvalue weighted by Gasteiger charge is -2.19. The number of carbonyl (C=O) groups excluding carboxylic acids is 1. The van der Waals surface area contributed by atoms with Crippen LogP contribution >= 0.6 is 0 Å². The number of hydrogen-bond acceptors (Lipinski definition) is 4. The van der Waals surface area contributed by atoms with Gasteiger partial charge >= 0.3 is 6.09 Å². The molecule has 0 bridgehead atoms. The molecule has 130 valence electrons. The van der Waals surface area contributed by atoms with Crippen molar-refractivity contribution in [2.75, 3.05) is 6.54 Å². The summed E-state index contributed by atoms with van der Waals surface area (Å²) in [6, 6.07) is 7.84. The minimum absolute atomic E-state index is 0.277. The van der Waals surface area contributed by atoms with Crippen molar-refractivity contribution in [1.29, 1.82) is 0 Å². The standard InChI is InChI=1S/C17H22FN3O3/c1-17(2,3)24-16(22)19-9-11-21-10-8-15(20-21)23-12-13-4-6-14(18)7-5-13/h4-8,10H,9,11-12H2,1-3H3,(H,19,22). The fourth-order valence-electron chi connectivity index (χ4n) is 1.87. The minimum Gasteiger partial charge on any atom is -0.472 e. The third-order valence-corrected chi connectivity index (χ3v) is 2.93. The summed E-state index contributed by atoms with van der Waals surface area (Å²) in [6.07, 6.45) is 1.30. The van der Waals surface area contributed by atoms with Gasteiger partial charge in [-0.2, -0.15) is 0 Å². The van der Waals surface area contributed by atoms with E-state index in [0.717, 1.165) is 5.56 Å². The fourth-order valence-corrected chi connectivity index (χ4v) is 1.87. The maximum atomic E-state index is 12.8. The van der Waals surface area contributed by atoms with Crippen molar-refractivity contribution in [3.05, 3.63) is 47.9 Å². The average molecular weight is 335 g/mol. The van der Waals surface area contributed by atoms with E-state index in [1.165, 1.54) is 12.1 Å². The first-order valence-electron chi connectivity index (χ1n) is 7.69. The lowest BCUT2D eigenvalue weighted by molar-refractivity contribution is 0.0525. The Balaban J connectivity index is 1.73. The summed E-state index contributed by atoms with van der Waals surface area (Å²) < 4.78 is 25.2. The Morgan fingerprint density at radius 2 is 1.96 bits per heavy atom. The normalized spacial score (nSPS) is 11.2. The first-order valence-corrected chi connectivity index (χ1v) is 7.69. The van der Waals surface area contributed by atoms with E-state index in [-0.39, 0.29) is 5.82 Å². The van der Waals surface area contributed by atoms with Gasteiger partial charge in [-0.1, -0.05) is 12.1 Å². The number of hydrogen-bond donors (Lipinski definition) is 1. The van der Waals surface area contributed by atoms with Crippen LogP contribution in [0, 0.1) is 5.82 Å². The number of amides is 1. The summed E-state index contributed by atoms with van der Waals surface area (Å²) in [6.45, 7) is 6.64. The van der Waals surface area contributed by atoms with Gasteiger partial charge in [-0.3, -0.25) is 4.68 Å². The van der Waals surface area contributed by atoms with E-state index in [9.17, 15) is 9.18 Å². The Kier molecular flexibility index (Phi) is 5.78. The third-order valence-electron chi connectivity index (χ3n) is 2.93. The van der Waals surface area contributed by atoms with E-state index >= 15 is 0 Å². The van der Waals surface area contributed by atoms with Gasteiger partial charge in [-0.05, 0) is 38.5 Å². The molecular weight excluding hydrogens is 313 g/mol. The molecule has 1 aromatic carbocycles. The van der Waals surface area contributed by atoms with Crippen LogP contribution in [0.1, 0.15) is 26.3 Å². The molecule has 0 spiro atoms. The molecule has 1 heterocycles. The number of rotatable bonds is 6. The summed E-state index contributed by atoms with van der Waals surface area (Å²) in [5.74, 6) is 0.192. The van der Waals surface area contributed by atoms with Crippen molar-refractivity contribution in [3.63, 3.8) is 0 Å². The predicted molar refractivity (Wildman–Crippen MR) is 87.2 cm³/mol. The van der Waals surface area contributed by atoms with Gasteiger partial charge in [0.05, 0.1) is 6.54 Å². The topological polar surface area (TPSA) is 65.4 Å². The van der Waals surface area contributed by atoms with Gasteiger partial charge in [0.15, 0.2) is 0 Å². The van der Waals surface area contributed by atoms with Crippen LogP contribution in [-0.4, -0.2) is 28.0 Å². The molecule has 0 saturated heterocycles. The molecule has 24 heavy (non-hydrogen) atoms. The highest BCUT2D eigenvalue weighted by Crippen LogP contribution is 2.10. The summed E-state index contributed by atoms with van der Waals surface area (Å²) >= 11 is 0. The molecule has 0 radical (unpaired) electrons. The van der Waals surface area contributed by atoms with E-state index < -0.39 is 11.7 Å². The molecule has 0 unspecified atom stereocenters. The molecule has 0 fully saturated rings. The van der Waals surface area contributed by atoms with Crippen molar-refractivity contribution in [2.24, 2.45) is 0 Å². The van der Waals surface area contributed by atoms with E-state index in [1.807, 2.05) is 20.8 Å². The highest BCUT2D eigenvalue weighted by molar-refractivity contribution is 5.67. The van der Waals surface area contributed by atoms with E-state index in [2.05, 4.69) is 10.4 Å². The molecule has 0 atom stereocenters. The van der Waals surface area contributed by atoms with Crippen LogP contribution in [0.2, 0.25) is 0 Å². The smallest absolute Gasteiger partial charge is 0.407 e. The van der Waals surface area contributed by atoms with E-state index in [4.69, 9.17) is 9.47 Å².